The summed E-state index contributed by atoms with van der Waals surface area (Å²) in [5.74, 6) is 1.99. The molecule has 0 bridgehead atoms. The van der Waals surface area contributed by atoms with Crippen molar-refractivity contribution in [3.05, 3.63) is 51.5 Å². The van der Waals surface area contributed by atoms with Gasteiger partial charge in [0.25, 0.3) is 0 Å². The van der Waals surface area contributed by atoms with E-state index in [1.165, 1.54) is 5.56 Å². The van der Waals surface area contributed by atoms with Gasteiger partial charge in [0.05, 0.1) is 25.2 Å². The lowest BCUT2D eigenvalue weighted by molar-refractivity contribution is -0.155. The van der Waals surface area contributed by atoms with E-state index in [9.17, 15) is 4.79 Å². The Morgan fingerprint density at radius 2 is 1.89 bits per heavy atom. The lowest BCUT2D eigenvalue weighted by Gasteiger charge is -2.38. The van der Waals surface area contributed by atoms with Crippen molar-refractivity contribution in [2.45, 2.75) is 57.7 Å². The summed E-state index contributed by atoms with van der Waals surface area (Å²) in [5, 5.41) is 0.986. The topological polar surface area (TPSA) is 57.2 Å². The number of carbonyl (C=O) groups excluding carboxylic acids is 1. The maximum Gasteiger partial charge on any atom is 0.307 e. The Bertz CT molecular complexity index is 1070. The molecule has 0 atom stereocenters. The van der Waals surface area contributed by atoms with Gasteiger partial charge in [-0.05, 0) is 64.9 Å². The molecule has 0 aromatic heterocycles. The summed E-state index contributed by atoms with van der Waals surface area (Å²) >= 11 is 12.7. The third-order valence-corrected chi connectivity index (χ3v) is 7.42. The third kappa shape index (κ3) is 5.99. The molecule has 2 aliphatic heterocycles. The summed E-state index contributed by atoms with van der Waals surface area (Å²) in [5.41, 5.74) is 1.48. The Balaban J connectivity index is 1.35. The van der Waals surface area contributed by atoms with Crippen molar-refractivity contribution >= 4 is 29.2 Å². The minimum atomic E-state index is -0.441. The highest BCUT2D eigenvalue weighted by Crippen LogP contribution is 2.47. The monoisotopic (exact) mass is 521 g/mol. The number of methoxy groups -OCH3 is 1. The first-order valence-corrected chi connectivity index (χ1v) is 12.7. The maximum atomic E-state index is 12.1. The quantitative estimate of drug-likeness (QED) is 0.414. The molecule has 0 unspecified atom stereocenters. The fourth-order valence-corrected chi connectivity index (χ4v) is 5.28. The zero-order valence-corrected chi connectivity index (χ0v) is 22.3. The van der Waals surface area contributed by atoms with E-state index in [1.807, 2.05) is 32.9 Å². The van der Waals surface area contributed by atoms with E-state index in [4.69, 9.17) is 42.1 Å². The number of rotatable bonds is 7. The average Bonchev–Trinajstić information content (AvgIpc) is 3.15. The number of halogens is 2. The molecule has 6 nitrogen and oxygen atoms in total. The van der Waals surface area contributed by atoms with Crippen LogP contribution in [0.4, 0.5) is 0 Å². The van der Waals surface area contributed by atoms with E-state index in [0.717, 1.165) is 38.2 Å². The van der Waals surface area contributed by atoms with Crippen LogP contribution in [0.3, 0.4) is 0 Å². The largest absolute Gasteiger partial charge is 0.495 e. The van der Waals surface area contributed by atoms with Crippen LogP contribution < -0.4 is 14.2 Å². The van der Waals surface area contributed by atoms with E-state index in [-0.39, 0.29) is 18.0 Å². The van der Waals surface area contributed by atoms with Gasteiger partial charge < -0.3 is 23.8 Å². The summed E-state index contributed by atoms with van der Waals surface area (Å²) in [7, 11) is 1.57. The maximum absolute atomic E-state index is 12.1. The number of hydrogen-bond donors (Lipinski definition) is 0. The number of likely N-dealkylation sites (tertiary alicyclic amines) is 1. The molecule has 1 fully saturated rings. The molecular weight excluding hydrogens is 489 g/mol. The Labute approximate surface area is 217 Å². The summed E-state index contributed by atoms with van der Waals surface area (Å²) in [6.07, 6.45) is 2.40. The molecule has 0 radical (unpaired) electrons. The smallest absolute Gasteiger partial charge is 0.307 e. The van der Waals surface area contributed by atoms with Crippen molar-refractivity contribution in [2.75, 3.05) is 33.4 Å². The van der Waals surface area contributed by atoms with Crippen molar-refractivity contribution in [2.24, 2.45) is 0 Å². The van der Waals surface area contributed by atoms with Crippen molar-refractivity contribution in [3.8, 4) is 17.2 Å². The Hall–Kier alpha value is -2.15. The number of esters is 1. The van der Waals surface area contributed by atoms with Crippen LogP contribution in [0, 0.1) is 0 Å². The summed E-state index contributed by atoms with van der Waals surface area (Å²) in [6.45, 7) is 9.16. The molecule has 2 aromatic carbocycles. The first-order chi connectivity index (χ1) is 16.6. The van der Waals surface area contributed by atoms with Crippen LogP contribution in [0.25, 0.3) is 0 Å². The van der Waals surface area contributed by atoms with Gasteiger partial charge in [-0.3, -0.25) is 4.79 Å². The van der Waals surface area contributed by atoms with E-state index in [1.54, 1.807) is 19.2 Å². The van der Waals surface area contributed by atoms with Crippen LogP contribution in [-0.2, 0) is 21.6 Å². The summed E-state index contributed by atoms with van der Waals surface area (Å²) < 4.78 is 22.8. The molecule has 4 rings (SSSR count). The van der Waals surface area contributed by atoms with Gasteiger partial charge in [0.1, 0.15) is 29.5 Å². The van der Waals surface area contributed by atoms with Gasteiger partial charge in [0, 0.05) is 34.2 Å². The number of benzene rings is 2. The molecule has 0 N–H and O–H groups in total. The van der Waals surface area contributed by atoms with Gasteiger partial charge in [-0.15, -0.1) is 0 Å². The molecular formula is C27H33Cl2NO5. The molecule has 2 aromatic rings. The van der Waals surface area contributed by atoms with Gasteiger partial charge in [-0.2, -0.15) is 0 Å². The Kier molecular flexibility index (Phi) is 7.74. The standard InChI is InChI=1S/C27H33Cl2NO5/c1-26(2,3)35-24(31)9-12-30-13-10-27(11-14-30)17-34-23-15-18(5-6-20(23)27)33-16-19-21(28)7-8-22(32-4)25(19)29/h5-8,15H,9-14,16-17H2,1-4H3. The van der Waals surface area contributed by atoms with E-state index in [2.05, 4.69) is 11.0 Å². The van der Waals surface area contributed by atoms with Crippen molar-refractivity contribution < 1.29 is 23.7 Å². The SMILES string of the molecule is COc1ccc(Cl)c(COc2ccc3c(c2)OCC32CCN(CCC(=O)OC(C)(C)C)CC2)c1Cl. The first kappa shape index (κ1) is 25.9. The molecule has 2 heterocycles. The number of piperidine rings is 1. The minimum Gasteiger partial charge on any atom is -0.495 e. The highest BCUT2D eigenvalue weighted by Gasteiger charge is 2.43. The number of fused-ring (bicyclic) bond motifs is 2. The molecule has 1 saturated heterocycles. The van der Waals surface area contributed by atoms with Gasteiger partial charge >= 0.3 is 5.97 Å². The van der Waals surface area contributed by atoms with Gasteiger partial charge in [0.15, 0.2) is 0 Å². The van der Waals surface area contributed by atoms with E-state index in [0.29, 0.717) is 40.1 Å². The molecule has 0 saturated carbocycles. The second-order valence-electron chi connectivity index (χ2n) is 10.2. The molecule has 35 heavy (non-hydrogen) atoms. The van der Waals surface area contributed by atoms with Crippen molar-refractivity contribution in [1.29, 1.82) is 0 Å². The fraction of sp³-hybridized carbons (Fsp3) is 0.519. The van der Waals surface area contributed by atoms with Crippen molar-refractivity contribution in [1.82, 2.24) is 4.90 Å². The zero-order valence-electron chi connectivity index (χ0n) is 20.8. The van der Waals surface area contributed by atoms with E-state index >= 15 is 0 Å². The van der Waals surface area contributed by atoms with Crippen LogP contribution in [0.1, 0.15) is 51.2 Å². The minimum absolute atomic E-state index is 0.00962. The molecule has 0 aliphatic carbocycles. The Morgan fingerprint density at radius 1 is 1.14 bits per heavy atom. The van der Waals surface area contributed by atoms with Crippen LogP contribution >= 0.6 is 23.2 Å². The van der Waals surface area contributed by atoms with Gasteiger partial charge in [-0.1, -0.05) is 29.3 Å². The second-order valence-corrected chi connectivity index (χ2v) is 11.0. The predicted molar refractivity (Wildman–Crippen MR) is 137 cm³/mol. The zero-order chi connectivity index (χ0) is 25.2. The Morgan fingerprint density at radius 3 is 2.57 bits per heavy atom. The summed E-state index contributed by atoms with van der Waals surface area (Å²) in [6, 6.07) is 9.52. The molecule has 0 amide bonds. The normalized spacial score (nSPS) is 17.1. The lowest BCUT2D eigenvalue weighted by Crippen LogP contribution is -2.44. The molecule has 190 valence electrons. The average molecular weight is 522 g/mol. The lowest BCUT2D eigenvalue weighted by atomic mass is 9.74. The van der Waals surface area contributed by atoms with E-state index < -0.39 is 5.60 Å². The summed E-state index contributed by atoms with van der Waals surface area (Å²) in [4.78, 5) is 14.4. The molecule has 8 heteroatoms. The third-order valence-electron chi connectivity index (χ3n) is 6.65. The fourth-order valence-electron chi connectivity index (χ4n) is 4.73. The second kappa shape index (κ2) is 10.5. The van der Waals surface area contributed by atoms with Crippen LogP contribution in [0.5, 0.6) is 17.2 Å². The first-order valence-electron chi connectivity index (χ1n) is 12.0. The highest BCUT2D eigenvalue weighted by molar-refractivity contribution is 6.36. The number of nitrogens with zero attached hydrogens (tertiary/aromatic N) is 1. The highest BCUT2D eigenvalue weighted by atomic mass is 35.5. The van der Waals surface area contributed by atoms with Gasteiger partial charge in [0.2, 0.25) is 0 Å². The van der Waals surface area contributed by atoms with Crippen LogP contribution in [-0.4, -0.2) is 49.8 Å². The van der Waals surface area contributed by atoms with Gasteiger partial charge in [-0.25, -0.2) is 0 Å². The number of hydrogen-bond acceptors (Lipinski definition) is 6. The predicted octanol–water partition coefficient (Wildman–Crippen LogP) is 6.04. The van der Waals surface area contributed by atoms with Crippen LogP contribution in [0.2, 0.25) is 10.0 Å². The molecule has 2 aliphatic rings. The number of ether oxygens (including phenoxy) is 4. The van der Waals surface area contributed by atoms with Crippen molar-refractivity contribution in [3.63, 3.8) is 0 Å². The molecule has 1 spiro atoms. The number of carbonyl (C=O) groups is 1. The van der Waals surface area contributed by atoms with Crippen LogP contribution in [0.15, 0.2) is 30.3 Å².